The van der Waals surface area contributed by atoms with Crippen LogP contribution in [0.5, 0.6) is 0 Å². The Labute approximate surface area is 205 Å². The zero-order valence-electron chi connectivity index (χ0n) is 20.2. The van der Waals surface area contributed by atoms with Crippen molar-refractivity contribution in [1.82, 2.24) is 34.7 Å². The quantitative estimate of drug-likeness (QED) is 0.547. The van der Waals surface area contributed by atoms with Crippen LogP contribution in [0.4, 0.5) is 26.2 Å². The van der Waals surface area contributed by atoms with E-state index in [1.165, 1.54) is 13.1 Å². The SMILES string of the molecule is Cn1nnn(-c2cc(Nc3ncc(F)c(N[C@@H]4C[C@@H]5CCCN5C(C)(C)C4)n3)c(F)cc2C#N)c1=O. The number of nitrogens with one attached hydrogen (secondary N) is 2. The van der Waals surface area contributed by atoms with Gasteiger partial charge in [-0.1, -0.05) is 0 Å². The third-order valence-electron chi connectivity index (χ3n) is 6.94. The largest absolute Gasteiger partial charge is 0.368 e. The molecule has 5 rings (SSSR count). The van der Waals surface area contributed by atoms with E-state index in [1.54, 1.807) is 0 Å². The summed E-state index contributed by atoms with van der Waals surface area (Å²) in [6, 6.07) is 4.53. The monoisotopic (exact) mass is 496 g/mol. The van der Waals surface area contributed by atoms with Gasteiger partial charge in [-0.25, -0.2) is 18.6 Å². The van der Waals surface area contributed by atoms with Crippen molar-refractivity contribution < 1.29 is 8.78 Å². The van der Waals surface area contributed by atoms with Crippen LogP contribution in [0, 0.1) is 23.0 Å². The van der Waals surface area contributed by atoms with Gasteiger partial charge in [0.2, 0.25) is 5.95 Å². The van der Waals surface area contributed by atoms with E-state index in [1.807, 2.05) is 6.07 Å². The lowest BCUT2D eigenvalue weighted by molar-refractivity contribution is 0.0500. The molecule has 36 heavy (non-hydrogen) atoms. The van der Waals surface area contributed by atoms with E-state index in [-0.39, 0.29) is 40.3 Å². The highest BCUT2D eigenvalue weighted by atomic mass is 19.1. The smallest absolute Gasteiger partial charge is 0.365 e. The fourth-order valence-corrected chi connectivity index (χ4v) is 5.35. The first-order chi connectivity index (χ1) is 17.2. The number of tetrazole rings is 1. The van der Waals surface area contributed by atoms with Crippen molar-refractivity contribution in [2.45, 2.75) is 57.2 Å². The maximum absolute atomic E-state index is 14.8. The van der Waals surface area contributed by atoms with Crippen LogP contribution in [0.25, 0.3) is 5.69 Å². The molecular formula is C23H26F2N10O. The molecule has 13 heteroatoms. The highest BCUT2D eigenvalue weighted by Gasteiger charge is 2.43. The number of aryl methyl sites for hydroxylation is 1. The van der Waals surface area contributed by atoms with Crippen molar-refractivity contribution in [3.05, 3.63) is 46.0 Å². The maximum Gasteiger partial charge on any atom is 0.368 e. The molecule has 2 atom stereocenters. The van der Waals surface area contributed by atoms with Gasteiger partial charge < -0.3 is 10.6 Å². The molecule has 4 heterocycles. The number of halogens is 2. The predicted molar refractivity (Wildman–Crippen MR) is 127 cm³/mol. The average Bonchev–Trinajstić information content (AvgIpc) is 3.44. The first-order valence-corrected chi connectivity index (χ1v) is 11.7. The minimum absolute atomic E-state index is 0.0118. The Morgan fingerprint density at radius 2 is 2.03 bits per heavy atom. The topological polar surface area (TPSA) is 130 Å². The van der Waals surface area contributed by atoms with E-state index < -0.39 is 17.3 Å². The molecule has 0 unspecified atom stereocenters. The molecule has 188 valence electrons. The van der Waals surface area contributed by atoms with Crippen LogP contribution in [-0.4, -0.2) is 58.8 Å². The Kier molecular flexibility index (Phi) is 5.91. The molecule has 3 aromatic rings. The fraction of sp³-hybridized carbons (Fsp3) is 0.478. The summed E-state index contributed by atoms with van der Waals surface area (Å²) in [7, 11) is 1.40. The number of piperidine rings is 1. The minimum Gasteiger partial charge on any atom is -0.365 e. The number of aromatic nitrogens is 6. The van der Waals surface area contributed by atoms with Crippen LogP contribution in [0.2, 0.25) is 0 Å². The number of hydrogen-bond acceptors (Lipinski definition) is 9. The van der Waals surface area contributed by atoms with Crippen LogP contribution in [0.15, 0.2) is 23.1 Å². The summed E-state index contributed by atoms with van der Waals surface area (Å²) < 4.78 is 31.3. The summed E-state index contributed by atoms with van der Waals surface area (Å²) in [4.78, 5) is 23.0. The molecule has 11 nitrogen and oxygen atoms in total. The lowest BCUT2D eigenvalue weighted by Gasteiger charge is -2.47. The van der Waals surface area contributed by atoms with Crippen molar-refractivity contribution >= 4 is 17.5 Å². The van der Waals surface area contributed by atoms with Gasteiger partial charge in [0.1, 0.15) is 11.9 Å². The Morgan fingerprint density at radius 1 is 1.22 bits per heavy atom. The maximum atomic E-state index is 14.8. The summed E-state index contributed by atoms with van der Waals surface area (Å²) in [5.41, 5.74) is -0.805. The van der Waals surface area contributed by atoms with Gasteiger partial charge in [0.25, 0.3) is 0 Å². The summed E-state index contributed by atoms with van der Waals surface area (Å²) in [5.74, 6) is -1.40. The Bertz CT molecular complexity index is 1410. The normalized spacial score (nSPS) is 21.1. The molecular weight excluding hydrogens is 470 g/mol. The Morgan fingerprint density at radius 3 is 2.75 bits per heavy atom. The van der Waals surface area contributed by atoms with Gasteiger partial charge in [0, 0.05) is 24.7 Å². The molecule has 2 N–H and O–H groups in total. The molecule has 2 aromatic heterocycles. The first kappa shape index (κ1) is 23.8. The van der Waals surface area contributed by atoms with Crippen molar-refractivity contribution in [2.75, 3.05) is 17.2 Å². The Hall–Kier alpha value is -3.92. The molecule has 0 amide bonds. The van der Waals surface area contributed by atoms with Crippen molar-refractivity contribution in [3.63, 3.8) is 0 Å². The lowest BCUT2D eigenvalue weighted by atomic mass is 9.84. The van der Waals surface area contributed by atoms with E-state index in [2.05, 4.69) is 49.8 Å². The zero-order chi connectivity index (χ0) is 25.6. The Balaban J connectivity index is 1.41. The molecule has 2 saturated heterocycles. The summed E-state index contributed by atoms with van der Waals surface area (Å²) in [5, 5.41) is 22.7. The van der Waals surface area contributed by atoms with Gasteiger partial charge in [-0.15, -0.1) is 0 Å². The third-order valence-corrected chi connectivity index (χ3v) is 6.94. The highest BCUT2D eigenvalue weighted by Crippen LogP contribution is 2.38. The second-order valence-electron chi connectivity index (χ2n) is 9.86. The van der Waals surface area contributed by atoms with Gasteiger partial charge in [-0.2, -0.15) is 19.6 Å². The molecule has 0 radical (unpaired) electrons. The number of nitrogens with zero attached hydrogens (tertiary/aromatic N) is 8. The number of anilines is 3. The van der Waals surface area contributed by atoms with Crippen LogP contribution in [0.1, 0.15) is 45.1 Å². The second kappa shape index (κ2) is 8.94. The van der Waals surface area contributed by atoms with Gasteiger partial charge >= 0.3 is 5.69 Å². The number of nitriles is 1. The number of fused-ring (bicyclic) bond motifs is 1. The van der Waals surface area contributed by atoms with Gasteiger partial charge in [0.15, 0.2) is 11.6 Å². The molecule has 0 spiro atoms. The molecule has 0 saturated carbocycles. The molecule has 2 aliphatic rings. The molecule has 2 fully saturated rings. The van der Waals surface area contributed by atoms with Crippen LogP contribution in [-0.2, 0) is 7.05 Å². The summed E-state index contributed by atoms with van der Waals surface area (Å²) >= 11 is 0. The number of hydrogen-bond donors (Lipinski definition) is 2. The third kappa shape index (κ3) is 4.28. The van der Waals surface area contributed by atoms with Crippen LogP contribution in [0.3, 0.4) is 0 Å². The van der Waals surface area contributed by atoms with E-state index in [9.17, 15) is 18.8 Å². The second-order valence-corrected chi connectivity index (χ2v) is 9.86. The van der Waals surface area contributed by atoms with Crippen LogP contribution < -0.4 is 16.3 Å². The number of rotatable bonds is 5. The molecule has 2 aliphatic heterocycles. The van der Waals surface area contributed by atoms with Crippen molar-refractivity contribution in [3.8, 4) is 11.8 Å². The molecule has 0 aliphatic carbocycles. The van der Waals surface area contributed by atoms with Gasteiger partial charge in [-0.3, -0.25) is 4.90 Å². The van der Waals surface area contributed by atoms with E-state index in [0.29, 0.717) is 6.04 Å². The zero-order valence-corrected chi connectivity index (χ0v) is 20.2. The first-order valence-electron chi connectivity index (χ1n) is 11.7. The van der Waals surface area contributed by atoms with E-state index >= 15 is 0 Å². The molecule has 0 bridgehead atoms. The lowest BCUT2D eigenvalue weighted by Crippen LogP contribution is -2.55. The summed E-state index contributed by atoms with van der Waals surface area (Å²) in [6.07, 6.45) is 5.01. The van der Waals surface area contributed by atoms with E-state index in [4.69, 9.17) is 0 Å². The van der Waals surface area contributed by atoms with Gasteiger partial charge in [0.05, 0.1) is 23.1 Å². The fourth-order valence-electron chi connectivity index (χ4n) is 5.35. The predicted octanol–water partition coefficient (Wildman–Crippen LogP) is 2.47. The van der Waals surface area contributed by atoms with Crippen LogP contribution >= 0.6 is 0 Å². The van der Waals surface area contributed by atoms with Crippen molar-refractivity contribution in [2.24, 2.45) is 7.05 Å². The number of benzene rings is 1. The standard InChI is InChI=1S/C23H26F2N10O/c1-23(2)10-14(8-15-5-4-6-34(15)23)28-20-17(25)12-27-21(30-20)29-18-9-19(13(11-26)7-16(18)24)35-22(36)33(3)31-32-35/h7,9,12,14-15H,4-6,8,10H2,1-3H3,(H2,27,28,29,30)/t14-,15+/m1/s1. The highest BCUT2D eigenvalue weighted by molar-refractivity contribution is 5.63. The molecule has 1 aromatic carbocycles. The average molecular weight is 497 g/mol. The van der Waals surface area contributed by atoms with Gasteiger partial charge in [-0.05, 0) is 68.6 Å². The van der Waals surface area contributed by atoms with E-state index in [0.717, 1.165) is 53.9 Å². The van der Waals surface area contributed by atoms with Crippen molar-refractivity contribution in [1.29, 1.82) is 5.26 Å². The minimum atomic E-state index is -0.773. The summed E-state index contributed by atoms with van der Waals surface area (Å²) in [6.45, 7) is 5.49.